The molecule has 3 heteroatoms. The second-order valence-electron chi connectivity index (χ2n) is 4.35. The summed E-state index contributed by atoms with van der Waals surface area (Å²) in [6.45, 7) is 2.90. The second kappa shape index (κ2) is 5.04. The van der Waals surface area contributed by atoms with Gasteiger partial charge in [-0.1, -0.05) is 25.1 Å². The second-order valence-corrected chi connectivity index (χ2v) is 4.35. The number of carbonyl (C=O) groups excluding carboxylic acids is 1. The van der Waals surface area contributed by atoms with E-state index in [2.05, 4.69) is 11.9 Å². The van der Waals surface area contributed by atoms with Gasteiger partial charge in [0.2, 0.25) is 5.91 Å². The van der Waals surface area contributed by atoms with E-state index in [4.69, 9.17) is 0 Å². The predicted octanol–water partition coefficient (Wildman–Crippen LogP) is 2.58. The van der Waals surface area contributed by atoms with E-state index in [1.54, 1.807) is 4.90 Å². The fourth-order valence-electron chi connectivity index (χ4n) is 2.04. The number of hydrogen-bond acceptors (Lipinski definition) is 1. The first-order chi connectivity index (χ1) is 8.22. The van der Waals surface area contributed by atoms with Crippen LogP contribution < -0.4 is 0 Å². The summed E-state index contributed by atoms with van der Waals surface area (Å²) in [5.41, 5.74) is 2.17. The number of para-hydroxylation sites is 1. The molecule has 1 heterocycles. The van der Waals surface area contributed by atoms with E-state index in [9.17, 15) is 4.79 Å². The molecule has 2 rings (SSSR count). The molecule has 1 amide bonds. The molecule has 0 spiro atoms. The molecule has 0 fully saturated rings. The minimum Gasteiger partial charge on any atom is -0.361 e. The summed E-state index contributed by atoms with van der Waals surface area (Å²) in [5.74, 6) is 0.177. The third kappa shape index (κ3) is 2.49. The van der Waals surface area contributed by atoms with Gasteiger partial charge in [-0.25, -0.2) is 0 Å². The Labute approximate surface area is 101 Å². The molecular weight excluding hydrogens is 212 g/mol. The molecular formula is C14H18N2O. The van der Waals surface area contributed by atoms with Crippen LogP contribution in [0, 0.1) is 0 Å². The highest BCUT2D eigenvalue weighted by Gasteiger charge is 2.11. The number of carbonyl (C=O) groups is 1. The standard InChI is InChI=1S/C14H18N2O/c1-3-8-16(2)14(17)9-11-10-15-13-7-5-4-6-12(11)13/h4-7,10,15H,3,8-9H2,1-2H3. The molecule has 0 radical (unpaired) electrons. The van der Waals surface area contributed by atoms with Gasteiger partial charge in [0.05, 0.1) is 6.42 Å². The molecule has 0 saturated carbocycles. The number of H-pyrrole nitrogens is 1. The van der Waals surface area contributed by atoms with Crippen LogP contribution in [0.25, 0.3) is 10.9 Å². The van der Waals surface area contributed by atoms with E-state index in [1.165, 1.54) is 0 Å². The SMILES string of the molecule is CCCN(C)C(=O)Cc1c[nH]c2ccccc12. The maximum Gasteiger partial charge on any atom is 0.226 e. The van der Waals surface area contributed by atoms with Gasteiger partial charge in [-0.15, -0.1) is 0 Å². The van der Waals surface area contributed by atoms with Crippen molar-refractivity contribution in [1.29, 1.82) is 0 Å². The Morgan fingerprint density at radius 3 is 2.88 bits per heavy atom. The molecule has 17 heavy (non-hydrogen) atoms. The van der Waals surface area contributed by atoms with Gasteiger partial charge in [-0.3, -0.25) is 4.79 Å². The Morgan fingerprint density at radius 2 is 2.12 bits per heavy atom. The molecule has 1 aromatic heterocycles. The monoisotopic (exact) mass is 230 g/mol. The number of aromatic nitrogens is 1. The van der Waals surface area contributed by atoms with Gasteiger partial charge in [-0.05, 0) is 18.1 Å². The first-order valence-electron chi connectivity index (χ1n) is 6.01. The number of nitrogens with zero attached hydrogens (tertiary/aromatic N) is 1. The maximum absolute atomic E-state index is 12.0. The maximum atomic E-state index is 12.0. The highest BCUT2D eigenvalue weighted by Crippen LogP contribution is 2.18. The largest absolute Gasteiger partial charge is 0.361 e. The van der Waals surface area contributed by atoms with Crippen molar-refractivity contribution < 1.29 is 4.79 Å². The van der Waals surface area contributed by atoms with Crippen molar-refractivity contribution in [3.05, 3.63) is 36.0 Å². The Morgan fingerprint density at radius 1 is 1.35 bits per heavy atom. The van der Waals surface area contributed by atoms with E-state index >= 15 is 0 Å². The molecule has 3 nitrogen and oxygen atoms in total. The number of nitrogens with one attached hydrogen (secondary N) is 1. The zero-order valence-electron chi connectivity index (χ0n) is 10.4. The van der Waals surface area contributed by atoms with Crippen LogP contribution in [0.1, 0.15) is 18.9 Å². The third-order valence-corrected chi connectivity index (χ3v) is 3.00. The Bertz CT molecular complexity index is 516. The molecule has 0 atom stereocenters. The lowest BCUT2D eigenvalue weighted by atomic mass is 10.1. The summed E-state index contributed by atoms with van der Waals surface area (Å²) in [5, 5.41) is 1.14. The van der Waals surface area contributed by atoms with E-state index < -0.39 is 0 Å². The summed E-state index contributed by atoms with van der Waals surface area (Å²) in [6.07, 6.45) is 3.40. The average molecular weight is 230 g/mol. The summed E-state index contributed by atoms with van der Waals surface area (Å²) < 4.78 is 0. The number of rotatable bonds is 4. The minimum atomic E-state index is 0.177. The molecule has 0 bridgehead atoms. The van der Waals surface area contributed by atoms with Gasteiger partial charge in [0.25, 0.3) is 0 Å². The summed E-state index contributed by atoms with van der Waals surface area (Å²) in [6, 6.07) is 8.07. The van der Waals surface area contributed by atoms with Gasteiger partial charge < -0.3 is 9.88 Å². The number of aromatic amines is 1. The molecule has 90 valence electrons. The number of benzene rings is 1. The van der Waals surface area contributed by atoms with Crippen molar-refractivity contribution in [1.82, 2.24) is 9.88 Å². The van der Waals surface area contributed by atoms with Gasteiger partial charge in [0, 0.05) is 30.7 Å². The summed E-state index contributed by atoms with van der Waals surface area (Å²) in [7, 11) is 1.86. The number of amides is 1. The van der Waals surface area contributed by atoms with E-state index in [0.717, 1.165) is 29.4 Å². The molecule has 0 aliphatic carbocycles. The fourth-order valence-corrected chi connectivity index (χ4v) is 2.04. The first-order valence-corrected chi connectivity index (χ1v) is 6.01. The number of hydrogen-bond donors (Lipinski definition) is 1. The fraction of sp³-hybridized carbons (Fsp3) is 0.357. The lowest BCUT2D eigenvalue weighted by Gasteiger charge is -2.15. The van der Waals surface area contributed by atoms with Crippen molar-refractivity contribution >= 4 is 16.8 Å². The van der Waals surface area contributed by atoms with Crippen molar-refractivity contribution in [3.8, 4) is 0 Å². The topological polar surface area (TPSA) is 36.1 Å². The van der Waals surface area contributed by atoms with Crippen LogP contribution in [0.15, 0.2) is 30.5 Å². The highest BCUT2D eigenvalue weighted by atomic mass is 16.2. The highest BCUT2D eigenvalue weighted by molar-refractivity contribution is 5.88. The van der Waals surface area contributed by atoms with Gasteiger partial charge in [0.1, 0.15) is 0 Å². The van der Waals surface area contributed by atoms with Crippen molar-refractivity contribution in [3.63, 3.8) is 0 Å². The molecule has 0 unspecified atom stereocenters. The van der Waals surface area contributed by atoms with E-state index in [0.29, 0.717) is 6.42 Å². The van der Waals surface area contributed by atoms with Crippen LogP contribution in [0.3, 0.4) is 0 Å². The van der Waals surface area contributed by atoms with Crippen molar-refractivity contribution in [2.75, 3.05) is 13.6 Å². The van der Waals surface area contributed by atoms with Gasteiger partial charge >= 0.3 is 0 Å². The molecule has 1 N–H and O–H groups in total. The Balaban J connectivity index is 2.16. The van der Waals surface area contributed by atoms with E-state index in [1.807, 2.05) is 37.5 Å². The van der Waals surface area contributed by atoms with Gasteiger partial charge in [0.15, 0.2) is 0 Å². The quantitative estimate of drug-likeness (QED) is 0.861. The smallest absolute Gasteiger partial charge is 0.226 e. The van der Waals surface area contributed by atoms with Crippen LogP contribution in [0.2, 0.25) is 0 Å². The lowest BCUT2D eigenvalue weighted by Crippen LogP contribution is -2.28. The zero-order chi connectivity index (χ0) is 12.3. The number of likely N-dealkylation sites (N-methyl/N-ethyl adjacent to an activating group) is 1. The molecule has 0 aliphatic rings. The average Bonchev–Trinajstić information content (AvgIpc) is 2.73. The van der Waals surface area contributed by atoms with Crippen LogP contribution in [0.5, 0.6) is 0 Å². The molecule has 2 aromatic rings. The third-order valence-electron chi connectivity index (χ3n) is 3.00. The van der Waals surface area contributed by atoms with Crippen molar-refractivity contribution in [2.24, 2.45) is 0 Å². The predicted molar refractivity (Wildman–Crippen MR) is 69.9 cm³/mol. The van der Waals surface area contributed by atoms with Crippen LogP contribution in [0.4, 0.5) is 0 Å². The molecule has 0 saturated heterocycles. The molecule has 0 aliphatic heterocycles. The summed E-state index contributed by atoms with van der Waals surface area (Å²) >= 11 is 0. The van der Waals surface area contributed by atoms with E-state index in [-0.39, 0.29) is 5.91 Å². The van der Waals surface area contributed by atoms with Crippen LogP contribution in [-0.4, -0.2) is 29.4 Å². The number of fused-ring (bicyclic) bond motifs is 1. The molecule has 1 aromatic carbocycles. The minimum absolute atomic E-state index is 0.177. The normalized spacial score (nSPS) is 10.7. The first kappa shape index (κ1) is 11.7. The zero-order valence-corrected chi connectivity index (χ0v) is 10.4. The van der Waals surface area contributed by atoms with Crippen molar-refractivity contribution in [2.45, 2.75) is 19.8 Å². The Hall–Kier alpha value is -1.77. The van der Waals surface area contributed by atoms with Crippen LogP contribution in [-0.2, 0) is 11.2 Å². The van der Waals surface area contributed by atoms with Crippen LogP contribution >= 0.6 is 0 Å². The lowest BCUT2D eigenvalue weighted by molar-refractivity contribution is -0.129. The summed E-state index contributed by atoms with van der Waals surface area (Å²) in [4.78, 5) is 16.9. The Kier molecular flexibility index (Phi) is 3.47. The van der Waals surface area contributed by atoms with Gasteiger partial charge in [-0.2, -0.15) is 0 Å².